The maximum atomic E-state index is 13.4. The Morgan fingerprint density at radius 1 is 0.750 bits per heavy atom. The number of anilines is 2. The van der Waals surface area contributed by atoms with Crippen LogP contribution in [0.2, 0.25) is 0 Å². The van der Waals surface area contributed by atoms with Gasteiger partial charge in [0.05, 0.1) is 12.9 Å². The third-order valence-electron chi connectivity index (χ3n) is 7.82. The average molecular weight is 655 g/mol. The van der Waals surface area contributed by atoms with Crippen molar-refractivity contribution in [3.05, 3.63) is 138 Å². The summed E-state index contributed by atoms with van der Waals surface area (Å²) in [4.78, 5) is 40.1. The minimum atomic E-state index is -0.496. The molecule has 0 aliphatic carbocycles. The summed E-state index contributed by atoms with van der Waals surface area (Å²) in [6.07, 6.45) is 1.58. The number of ether oxygens (including phenoxy) is 1. The Morgan fingerprint density at radius 2 is 1.44 bits per heavy atom. The number of para-hydroxylation sites is 2. The van der Waals surface area contributed by atoms with Crippen LogP contribution in [0.4, 0.5) is 11.4 Å². The molecule has 0 aliphatic heterocycles. The number of carbonyl (C=O) groups is 3. The lowest BCUT2D eigenvalue weighted by Gasteiger charge is -2.13. The highest BCUT2D eigenvalue weighted by Gasteiger charge is 2.17. The molecule has 1 aromatic heterocycles. The molecular weight excluding hydrogens is 621 g/mol. The fourth-order valence-corrected chi connectivity index (χ4v) is 6.23. The van der Waals surface area contributed by atoms with E-state index < -0.39 is 11.8 Å². The van der Waals surface area contributed by atoms with E-state index in [1.807, 2.05) is 54.6 Å². The van der Waals surface area contributed by atoms with Gasteiger partial charge in [0.2, 0.25) is 5.91 Å². The molecule has 9 heteroatoms. The fourth-order valence-electron chi connectivity index (χ4n) is 5.53. The highest BCUT2D eigenvalue weighted by molar-refractivity contribution is 8.00. The van der Waals surface area contributed by atoms with Gasteiger partial charge in [0.15, 0.2) is 0 Å². The lowest BCUT2D eigenvalue weighted by molar-refractivity contribution is -0.114. The van der Waals surface area contributed by atoms with Crippen molar-refractivity contribution in [3.63, 3.8) is 0 Å². The summed E-state index contributed by atoms with van der Waals surface area (Å²) in [6, 6.07) is 37.4. The second-order valence-corrected chi connectivity index (χ2v) is 12.0. The molecule has 0 aliphatic rings. The SMILES string of the molecule is CCn1c2ccccc2c2cc(NC(=O)CSc3ccc(NC(=O)/C(=C/c4ccccc4OC)NC(=O)c4ccccc4)cc3)ccc21. The first-order chi connectivity index (χ1) is 23.4. The number of amides is 3. The standard InChI is InChI=1S/C39H34N4O4S/c1-3-43-34-15-9-8-14-31(34)32-24-29(19-22-35(32)43)40-37(44)25-48-30-20-17-28(18-21-30)41-39(46)33(23-27-13-7-10-16-36(27)47-2)42-38(45)26-11-5-4-6-12-26/h4-24H,3,25H2,1-2H3,(H,40,44)(H,41,46)(H,42,45)/b33-23-. The van der Waals surface area contributed by atoms with Crippen molar-refractivity contribution in [2.45, 2.75) is 18.4 Å². The van der Waals surface area contributed by atoms with Gasteiger partial charge in [-0.25, -0.2) is 0 Å². The van der Waals surface area contributed by atoms with Gasteiger partial charge in [0.1, 0.15) is 11.4 Å². The number of hydrogen-bond donors (Lipinski definition) is 3. The number of carbonyl (C=O) groups excluding carboxylic acids is 3. The number of aromatic nitrogens is 1. The average Bonchev–Trinajstić information content (AvgIpc) is 3.44. The molecule has 0 saturated heterocycles. The zero-order valence-corrected chi connectivity index (χ0v) is 27.3. The van der Waals surface area contributed by atoms with Crippen LogP contribution in [0, 0.1) is 0 Å². The molecule has 6 rings (SSSR count). The number of thioether (sulfide) groups is 1. The molecule has 0 fully saturated rings. The Labute approximate surface area is 282 Å². The van der Waals surface area contributed by atoms with Gasteiger partial charge in [-0.3, -0.25) is 14.4 Å². The maximum Gasteiger partial charge on any atom is 0.272 e. The first kappa shape index (κ1) is 32.2. The van der Waals surface area contributed by atoms with Crippen LogP contribution in [0.3, 0.4) is 0 Å². The summed E-state index contributed by atoms with van der Waals surface area (Å²) in [5.74, 6) is -0.241. The number of methoxy groups -OCH3 is 1. The smallest absolute Gasteiger partial charge is 0.272 e. The molecule has 6 aromatic rings. The van der Waals surface area contributed by atoms with Crippen molar-refractivity contribution in [2.75, 3.05) is 23.5 Å². The molecular formula is C39H34N4O4S. The van der Waals surface area contributed by atoms with Gasteiger partial charge in [-0.1, -0.05) is 54.6 Å². The number of aryl methyl sites for hydroxylation is 1. The monoisotopic (exact) mass is 654 g/mol. The molecule has 0 saturated carbocycles. The number of rotatable bonds is 11. The maximum absolute atomic E-state index is 13.4. The van der Waals surface area contributed by atoms with Gasteiger partial charge in [-0.15, -0.1) is 11.8 Å². The molecule has 0 spiro atoms. The molecule has 0 atom stereocenters. The van der Waals surface area contributed by atoms with E-state index in [2.05, 4.69) is 45.6 Å². The van der Waals surface area contributed by atoms with Gasteiger partial charge in [-0.2, -0.15) is 0 Å². The molecule has 0 bridgehead atoms. The van der Waals surface area contributed by atoms with Gasteiger partial charge >= 0.3 is 0 Å². The molecule has 0 radical (unpaired) electrons. The highest BCUT2D eigenvalue weighted by atomic mass is 32.2. The Balaban J connectivity index is 1.10. The van der Waals surface area contributed by atoms with Crippen molar-refractivity contribution >= 4 is 68.7 Å². The molecule has 1 heterocycles. The lowest BCUT2D eigenvalue weighted by atomic mass is 10.1. The van der Waals surface area contributed by atoms with Crippen LogP contribution in [-0.2, 0) is 16.1 Å². The first-order valence-corrected chi connectivity index (χ1v) is 16.5. The normalized spacial score (nSPS) is 11.3. The van der Waals surface area contributed by atoms with Crippen molar-refractivity contribution in [1.82, 2.24) is 9.88 Å². The zero-order chi connectivity index (χ0) is 33.5. The van der Waals surface area contributed by atoms with Crippen molar-refractivity contribution in [1.29, 1.82) is 0 Å². The Bertz CT molecular complexity index is 2140. The van der Waals surface area contributed by atoms with E-state index in [1.165, 1.54) is 17.3 Å². The fraction of sp³-hybridized carbons (Fsp3) is 0.103. The van der Waals surface area contributed by atoms with E-state index in [0.717, 1.165) is 33.4 Å². The van der Waals surface area contributed by atoms with Crippen LogP contribution in [0.1, 0.15) is 22.8 Å². The van der Waals surface area contributed by atoms with Gasteiger partial charge in [0, 0.05) is 55.7 Å². The van der Waals surface area contributed by atoms with Crippen LogP contribution < -0.4 is 20.7 Å². The van der Waals surface area contributed by atoms with Crippen LogP contribution >= 0.6 is 11.8 Å². The van der Waals surface area contributed by atoms with Gasteiger partial charge in [0.25, 0.3) is 11.8 Å². The Kier molecular flexibility index (Phi) is 9.88. The van der Waals surface area contributed by atoms with Crippen LogP contribution in [0.25, 0.3) is 27.9 Å². The van der Waals surface area contributed by atoms with E-state index in [0.29, 0.717) is 22.6 Å². The summed E-state index contributed by atoms with van der Waals surface area (Å²) >= 11 is 1.40. The molecule has 3 amide bonds. The van der Waals surface area contributed by atoms with Gasteiger partial charge in [-0.05, 0) is 79.7 Å². The lowest BCUT2D eigenvalue weighted by Crippen LogP contribution is -2.30. The summed E-state index contributed by atoms with van der Waals surface area (Å²) in [6.45, 7) is 2.99. The van der Waals surface area contributed by atoms with E-state index in [1.54, 1.807) is 61.7 Å². The molecule has 8 nitrogen and oxygen atoms in total. The number of nitrogens with zero attached hydrogens (tertiary/aromatic N) is 1. The largest absolute Gasteiger partial charge is 0.496 e. The van der Waals surface area contributed by atoms with E-state index in [9.17, 15) is 14.4 Å². The van der Waals surface area contributed by atoms with Crippen LogP contribution in [0.15, 0.2) is 132 Å². The molecule has 240 valence electrons. The Hall–Kier alpha value is -5.80. The van der Waals surface area contributed by atoms with Crippen molar-refractivity contribution in [2.24, 2.45) is 0 Å². The number of fused-ring (bicyclic) bond motifs is 3. The van der Waals surface area contributed by atoms with Crippen LogP contribution in [-0.4, -0.2) is 35.2 Å². The second-order valence-electron chi connectivity index (χ2n) is 10.9. The molecule has 5 aromatic carbocycles. The minimum absolute atomic E-state index is 0.0564. The third kappa shape index (κ3) is 7.27. The molecule has 0 unspecified atom stereocenters. The van der Waals surface area contributed by atoms with E-state index in [4.69, 9.17) is 4.74 Å². The molecule has 48 heavy (non-hydrogen) atoms. The van der Waals surface area contributed by atoms with E-state index >= 15 is 0 Å². The number of nitrogens with one attached hydrogen (secondary N) is 3. The second kappa shape index (κ2) is 14.7. The number of benzene rings is 5. The first-order valence-electron chi connectivity index (χ1n) is 15.5. The van der Waals surface area contributed by atoms with Gasteiger partial charge < -0.3 is 25.3 Å². The summed E-state index contributed by atoms with van der Waals surface area (Å²) in [5.41, 5.74) is 4.71. The minimum Gasteiger partial charge on any atom is -0.496 e. The predicted octanol–water partition coefficient (Wildman–Crippen LogP) is 7.96. The Morgan fingerprint density at radius 3 is 2.21 bits per heavy atom. The summed E-state index contributed by atoms with van der Waals surface area (Å²) < 4.78 is 7.71. The number of hydrogen-bond acceptors (Lipinski definition) is 5. The third-order valence-corrected chi connectivity index (χ3v) is 8.83. The van der Waals surface area contributed by atoms with E-state index in [-0.39, 0.29) is 17.4 Å². The highest BCUT2D eigenvalue weighted by Crippen LogP contribution is 2.31. The van der Waals surface area contributed by atoms with Crippen LogP contribution in [0.5, 0.6) is 5.75 Å². The van der Waals surface area contributed by atoms with Crippen molar-refractivity contribution in [3.8, 4) is 5.75 Å². The van der Waals surface area contributed by atoms with Crippen molar-refractivity contribution < 1.29 is 19.1 Å². The predicted molar refractivity (Wildman–Crippen MR) is 194 cm³/mol. The summed E-state index contributed by atoms with van der Waals surface area (Å²) in [5, 5.41) is 10.9. The molecule has 3 N–H and O–H groups in total. The quantitative estimate of drug-likeness (QED) is 0.0972. The topological polar surface area (TPSA) is 101 Å². The zero-order valence-electron chi connectivity index (χ0n) is 26.5. The summed E-state index contributed by atoms with van der Waals surface area (Å²) in [7, 11) is 1.55.